The van der Waals surface area contributed by atoms with Crippen molar-refractivity contribution < 1.29 is 9.21 Å². The summed E-state index contributed by atoms with van der Waals surface area (Å²) >= 11 is 3.41. The van der Waals surface area contributed by atoms with Crippen LogP contribution in [0.25, 0.3) is 10.8 Å². The topological polar surface area (TPSA) is 58.4 Å². The molecule has 1 amide bonds. The van der Waals surface area contributed by atoms with E-state index in [1.54, 1.807) is 11.3 Å². The lowest BCUT2D eigenvalue weighted by Crippen LogP contribution is -2.38. The molecule has 0 bridgehead atoms. The van der Waals surface area contributed by atoms with Crippen LogP contribution in [0.5, 0.6) is 0 Å². The number of aromatic nitrogens is 1. The highest BCUT2D eigenvalue weighted by atomic mass is 32.1. The molecule has 3 aromatic heterocycles. The van der Waals surface area contributed by atoms with Crippen LogP contribution < -0.4 is 5.32 Å². The Balaban J connectivity index is 1.21. The van der Waals surface area contributed by atoms with E-state index >= 15 is 0 Å². The van der Waals surface area contributed by atoms with Crippen molar-refractivity contribution in [2.75, 3.05) is 19.6 Å². The number of hydrogen-bond donors (Lipinski definition) is 1. The Labute approximate surface area is 173 Å². The lowest BCUT2D eigenvalue weighted by Gasteiger charge is -2.31. The van der Waals surface area contributed by atoms with Gasteiger partial charge in [0.05, 0.1) is 17.0 Å². The molecule has 5 nitrogen and oxygen atoms in total. The maximum Gasteiger partial charge on any atom is 0.236 e. The molecule has 1 N–H and O–H groups in total. The Bertz CT molecular complexity index is 879. The third-order valence-electron chi connectivity index (χ3n) is 5.21. The zero-order chi connectivity index (χ0) is 19.3. The largest absolute Gasteiger partial charge is 0.440 e. The second-order valence-electron chi connectivity index (χ2n) is 7.28. The number of carbonyl (C=O) groups excluding carboxylic acids is 1. The van der Waals surface area contributed by atoms with Gasteiger partial charge in [0.15, 0.2) is 0 Å². The first-order valence-corrected chi connectivity index (χ1v) is 11.4. The third kappa shape index (κ3) is 4.90. The van der Waals surface area contributed by atoms with Gasteiger partial charge < -0.3 is 9.73 Å². The molecular weight excluding hydrogens is 390 g/mol. The van der Waals surface area contributed by atoms with Crippen LogP contribution in [0.1, 0.15) is 29.2 Å². The molecule has 28 heavy (non-hydrogen) atoms. The Kier molecular flexibility index (Phi) is 6.24. The third-order valence-corrected chi connectivity index (χ3v) is 6.93. The molecule has 4 rings (SSSR count). The van der Waals surface area contributed by atoms with E-state index in [1.807, 2.05) is 35.8 Å². The van der Waals surface area contributed by atoms with Crippen molar-refractivity contribution >= 4 is 28.6 Å². The SMILES string of the molecule is Cc1oc(-c2cccs2)nc1CC(=O)NCC1CCN(Cc2cccs2)CC1. The van der Waals surface area contributed by atoms with Gasteiger partial charge in [-0.25, -0.2) is 4.98 Å². The summed E-state index contributed by atoms with van der Waals surface area (Å²) in [7, 11) is 0. The fourth-order valence-electron chi connectivity index (χ4n) is 3.54. The zero-order valence-electron chi connectivity index (χ0n) is 16.0. The molecule has 0 spiro atoms. The molecule has 0 saturated carbocycles. The minimum atomic E-state index is 0.0233. The number of aryl methyl sites for hydroxylation is 1. The van der Waals surface area contributed by atoms with Crippen molar-refractivity contribution in [2.24, 2.45) is 5.92 Å². The molecule has 1 aliphatic heterocycles. The van der Waals surface area contributed by atoms with Gasteiger partial charge in [-0.05, 0) is 61.7 Å². The molecule has 7 heteroatoms. The van der Waals surface area contributed by atoms with Gasteiger partial charge in [-0.1, -0.05) is 12.1 Å². The maximum absolute atomic E-state index is 12.4. The van der Waals surface area contributed by atoms with Crippen LogP contribution >= 0.6 is 22.7 Å². The number of thiophene rings is 2. The van der Waals surface area contributed by atoms with E-state index < -0.39 is 0 Å². The number of oxazole rings is 1. The standard InChI is InChI=1S/C21H25N3O2S2/c1-15-18(23-21(26-15)19-5-3-11-28-19)12-20(25)22-13-16-6-8-24(9-7-16)14-17-4-2-10-27-17/h2-5,10-11,16H,6-9,12-14H2,1H3,(H,22,25). The molecule has 1 saturated heterocycles. The van der Waals surface area contributed by atoms with E-state index in [1.165, 1.54) is 4.88 Å². The molecular formula is C21H25N3O2S2. The van der Waals surface area contributed by atoms with Crippen LogP contribution in [0.15, 0.2) is 39.4 Å². The average Bonchev–Trinajstić information content (AvgIpc) is 3.44. The highest BCUT2D eigenvalue weighted by Gasteiger charge is 2.21. The number of piperidine rings is 1. The monoisotopic (exact) mass is 415 g/mol. The average molecular weight is 416 g/mol. The zero-order valence-corrected chi connectivity index (χ0v) is 17.7. The summed E-state index contributed by atoms with van der Waals surface area (Å²) in [5.74, 6) is 1.91. The summed E-state index contributed by atoms with van der Waals surface area (Å²) < 4.78 is 5.72. The van der Waals surface area contributed by atoms with Crippen LogP contribution in [0.3, 0.4) is 0 Å². The Morgan fingerprint density at radius 2 is 2.04 bits per heavy atom. The minimum Gasteiger partial charge on any atom is -0.440 e. The summed E-state index contributed by atoms with van der Waals surface area (Å²) in [5, 5.41) is 7.23. The summed E-state index contributed by atoms with van der Waals surface area (Å²) in [6.45, 7) is 5.88. The van der Waals surface area contributed by atoms with Crippen LogP contribution in [0, 0.1) is 12.8 Å². The van der Waals surface area contributed by atoms with Gasteiger partial charge in [-0.3, -0.25) is 9.69 Å². The van der Waals surface area contributed by atoms with Crippen LogP contribution in [-0.2, 0) is 17.8 Å². The molecule has 0 atom stereocenters. The van der Waals surface area contributed by atoms with Gasteiger partial charge in [0.1, 0.15) is 5.76 Å². The minimum absolute atomic E-state index is 0.0233. The summed E-state index contributed by atoms with van der Waals surface area (Å²) in [4.78, 5) is 21.8. The van der Waals surface area contributed by atoms with Crippen molar-refractivity contribution in [3.05, 3.63) is 51.4 Å². The Morgan fingerprint density at radius 3 is 2.75 bits per heavy atom. The van der Waals surface area contributed by atoms with Crippen molar-refractivity contribution in [1.29, 1.82) is 0 Å². The lowest BCUT2D eigenvalue weighted by atomic mass is 9.96. The molecule has 0 radical (unpaired) electrons. The van der Waals surface area contributed by atoms with Gasteiger partial charge >= 0.3 is 0 Å². The van der Waals surface area contributed by atoms with Gasteiger partial charge in [0.2, 0.25) is 11.8 Å². The molecule has 0 unspecified atom stereocenters. The van der Waals surface area contributed by atoms with Gasteiger partial charge in [0, 0.05) is 18.0 Å². The quantitative estimate of drug-likeness (QED) is 0.623. The van der Waals surface area contributed by atoms with E-state index in [-0.39, 0.29) is 12.3 Å². The smallest absolute Gasteiger partial charge is 0.236 e. The molecule has 0 aliphatic carbocycles. The van der Waals surface area contributed by atoms with E-state index in [9.17, 15) is 4.79 Å². The Hall–Kier alpha value is -1.96. The van der Waals surface area contributed by atoms with Crippen LogP contribution in [-0.4, -0.2) is 35.4 Å². The highest BCUT2D eigenvalue weighted by Crippen LogP contribution is 2.26. The second kappa shape index (κ2) is 9.03. The molecule has 1 aliphatic rings. The normalized spacial score (nSPS) is 15.8. The number of amides is 1. The van der Waals surface area contributed by atoms with E-state index in [4.69, 9.17) is 4.42 Å². The van der Waals surface area contributed by atoms with Gasteiger partial charge in [-0.15, -0.1) is 22.7 Å². The predicted octanol–water partition coefficient (Wildman–Crippen LogP) is 4.34. The van der Waals surface area contributed by atoms with Crippen molar-refractivity contribution in [3.63, 3.8) is 0 Å². The van der Waals surface area contributed by atoms with Crippen LogP contribution in [0.2, 0.25) is 0 Å². The summed E-state index contributed by atoms with van der Waals surface area (Å²) in [6.07, 6.45) is 2.55. The molecule has 3 aromatic rings. The lowest BCUT2D eigenvalue weighted by molar-refractivity contribution is -0.120. The van der Waals surface area contributed by atoms with Crippen molar-refractivity contribution in [2.45, 2.75) is 32.7 Å². The molecule has 148 valence electrons. The molecule has 1 fully saturated rings. The number of nitrogens with one attached hydrogen (secondary N) is 1. The number of rotatable bonds is 7. The van der Waals surface area contributed by atoms with E-state index in [0.29, 0.717) is 11.8 Å². The van der Waals surface area contributed by atoms with E-state index in [2.05, 4.69) is 32.7 Å². The summed E-state index contributed by atoms with van der Waals surface area (Å²) in [6, 6.07) is 8.26. The number of likely N-dealkylation sites (tertiary alicyclic amines) is 1. The van der Waals surface area contributed by atoms with Crippen molar-refractivity contribution in [1.82, 2.24) is 15.2 Å². The number of hydrogen-bond acceptors (Lipinski definition) is 6. The number of carbonyl (C=O) groups is 1. The highest BCUT2D eigenvalue weighted by molar-refractivity contribution is 7.13. The first-order valence-electron chi connectivity index (χ1n) is 9.69. The van der Waals surface area contributed by atoms with Gasteiger partial charge in [0.25, 0.3) is 0 Å². The first kappa shape index (κ1) is 19.4. The molecule has 4 heterocycles. The predicted molar refractivity (Wildman–Crippen MR) is 114 cm³/mol. The van der Waals surface area contributed by atoms with Crippen molar-refractivity contribution in [3.8, 4) is 10.8 Å². The summed E-state index contributed by atoms with van der Waals surface area (Å²) in [5.41, 5.74) is 0.728. The molecule has 0 aromatic carbocycles. The van der Waals surface area contributed by atoms with Gasteiger partial charge in [-0.2, -0.15) is 0 Å². The fourth-order valence-corrected chi connectivity index (χ4v) is 4.94. The first-order chi connectivity index (χ1) is 13.7. The maximum atomic E-state index is 12.4. The van der Waals surface area contributed by atoms with E-state index in [0.717, 1.165) is 55.4 Å². The van der Waals surface area contributed by atoms with Crippen LogP contribution in [0.4, 0.5) is 0 Å². The fraction of sp³-hybridized carbons (Fsp3) is 0.429. The number of nitrogens with zero attached hydrogens (tertiary/aromatic N) is 2. The Morgan fingerprint density at radius 1 is 1.25 bits per heavy atom. The second-order valence-corrected chi connectivity index (χ2v) is 9.26.